The molecular formula is C22H25BrN2O. The average Bonchev–Trinajstić information content (AvgIpc) is 3.08. The van der Waals surface area contributed by atoms with E-state index < -0.39 is 0 Å². The van der Waals surface area contributed by atoms with Gasteiger partial charge in [-0.05, 0) is 42.2 Å². The lowest BCUT2D eigenvalue weighted by Crippen LogP contribution is -2.33. The molecule has 0 aliphatic heterocycles. The Labute approximate surface area is 163 Å². The van der Waals surface area contributed by atoms with Gasteiger partial charge in [-0.3, -0.25) is 4.79 Å². The van der Waals surface area contributed by atoms with Crippen LogP contribution < -0.4 is 5.32 Å². The topological polar surface area (TPSA) is 44.9 Å². The van der Waals surface area contributed by atoms with Crippen molar-refractivity contribution >= 4 is 32.7 Å². The van der Waals surface area contributed by atoms with E-state index in [-0.39, 0.29) is 17.7 Å². The smallest absolute Gasteiger partial charge is 0.223 e. The molecule has 4 heteroatoms. The van der Waals surface area contributed by atoms with Gasteiger partial charge in [0.25, 0.3) is 0 Å². The number of amides is 1. The molecule has 2 aromatic carbocycles. The monoisotopic (exact) mass is 412 g/mol. The number of para-hydroxylation sites is 1. The number of hydrogen-bond donors (Lipinski definition) is 2. The molecule has 0 bridgehead atoms. The maximum atomic E-state index is 12.5. The van der Waals surface area contributed by atoms with E-state index in [1.807, 2.05) is 6.07 Å². The molecule has 0 spiro atoms. The summed E-state index contributed by atoms with van der Waals surface area (Å²) in [7, 11) is 0. The molecule has 2 N–H and O–H groups in total. The Morgan fingerprint density at radius 1 is 1.08 bits per heavy atom. The second-order valence-electron chi connectivity index (χ2n) is 6.65. The Kier molecular flexibility index (Phi) is 6.15. The standard InChI is InChI=1S/C22H25BrN2O/c1-3-15(4-2)22(26)25-13-19(16-9-11-17(23)12-10-16)20-14-24-21-8-6-5-7-18(20)21/h5-12,14-15,19,24H,3-4,13H2,1-2H3,(H,25,26)/t19-/m1/s1. The summed E-state index contributed by atoms with van der Waals surface area (Å²) in [5.74, 6) is 0.345. The van der Waals surface area contributed by atoms with Crippen LogP contribution in [0.3, 0.4) is 0 Å². The van der Waals surface area contributed by atoms with Gasteiger partial charge in [-0.2, -0.15) is 0 Å². The molecule has 0 aliphatic rings. The first-order valence-electron chi connectivity index (χ1n) is 9.23. The van der Waals surface area contributed by atoms with Gasteiger partial charge in [0.05, 0.1) is 0 Å². The molecule has 136 valence electrons. The second kappa shape index (κ2) is 8.54. The van der Waals surface area contributed by atoms with E-state index in [2.05, 4.69) is 88.7 Å². The Bertz CT molecular complexity index is 865. The second-order valence-corrected chi connectivity index (χ2v) is 7.57. The lowest BCUT2D eigenvalue weighted by molar-refractivity contribution is -0.125. The summed E-state index contributed by atoms with van der Waals surface area (Å²) in [4.78, 5) is 15.9. The highest BCUT2D eigenvalue weighted by molar-refractivity contribution is 9.10. The summed E-state index contributed by atoms with van der Waals surface area (Å²) in [5, 5.41) is 4.39. The van der Waals surface area contributed by atoms with Gasteiger partial charge in [0.2, 0.25) is 5.91 Å². The number of nitrogens with one attached hydrogen (secondary N) is 2. The predicted molar refractivity (Wildman–Crippen MR) is 111 cm³/mol. The fraction of sp³-hybridized carbons (Fsp3) is 0.318. The van der Waals surface area contributed by atoms with E-state index in [1.54, 1.807) is 0 Å². The summed E-state index contributed by atoms with van der Waals surface area (Å²) in [6, 6.07) is 16.7. The lowest BCUT2D eigenvalue weighted by atomic mass is 9.90. The minimum atomic E-state index is 0.0866. The molecule has 3 aromatic rings. The largest absolute Gasteiger partial charge is 0.361 e. The van der Waals surface area contributed by atoms with E-state index in [4.69, 9.17) is 0 Å². The highest BCUT2D eigenvalue weighted by atomic mass is 79.9. The molecular weight excluding hydrogens is 388 g/mol. The van der Waals surface area contributed by atoms with E-state index in [0.717, 1.165) is 22.8 Å². The van der Waals surface area contributed by atoms with Crippen LogP contribution in [0.25, 0.3) is 10.9 Å². The van der Waals surface area contributed by atoms with Crippen molar-refractivity contribution in [1.29, 1.82) is 0 Å². The van der Waals surface area contributed by atoms with Crippen molar-refractivity contribution in [1.82, 2.24) is 10.3 Å². The van der Waals surface area contributed by atoms with Crippen LogP contribution in [0.1, 0.15) is 43.7 Å². The van der Waals surface area contributed by atoms with Gasteiger partial charge >= 0.3 is 0 Å². The molecule has 3 nitrogen and oxygen atoms in total. The van der Waals surface area contributed by atoms with Crippen LogP contribution in [0.4, 0.5) is 0 Å². The van der Waals surface area contributed by atoms with Crippen molar-refractivity contribution in [3.63, 3.8) is 0 Å². The minimum Gasteiger partial charge on any atom is -0.361 e. The predicted octanol–water partition coefficient (Wildman–Crippen LogP) is 5.61. The zero-order valence-electron chi connectivity index (χ0n) is 15.3. The van der Waals surface area contributed by atoms with Gasteiger partial charge in [0, 0.05) is 40.0 Å². The number of fused-ring (bicyclic) bond motifs is 1. The fourth-order valence-electron chi connectivity index (χ4n) is 3.49. The summed E-state index contributed by atoms with van der Waals surface area (Å²) < 4.78 is 1.06. The van der Waals surface area contributed by atoms with Crippen molar-refractivity contribution in [3.05, 3.63) is 70.3 Å². The summed E-state index contributed by atoms with van der Waals surface area (Å²) in [6.45, 7) is 4.73. The number of H-pyrrole nitrogens is 1. The normalized spacial score (nSPS) is 12.5. The number of aromatic nitrogens is 1. The van der Waals surface area contributed by atoms with Crippen molar-refractivity contribution in [2.24, 2.45) is 5.92 Å². The number of rotatable bonds is 7. The van der Waals surface area contributed by atoms with Crippen molar-refractivity contribution in [2.45, 2.75) is 32.6 Å². The number of hydrogen-bond acceptors (Lipinski definition) is 1. The highest BCUT2D eigenvalue weighted by Gasteiger charge is 2.21. The van der Waals surface area contributed by atoms with Crippen LogP contribution in [0, 0.1) is 5.92 Å². The Balaban J connectivity index is 1.92. The number of carbonyl (C=O) groups is 1. The zero-order valence-corrected chi connectivity index (χ0v) is 16.8. The molecule has 1 amide bonds. The molecule has 26 heavy (non-hydrogen) atoms. The number of benzene rings is 2. The van der Waals surface area contributed by atoms with Gasteiger partial charge in [-0.25, -0.2) is 0 Å². The van der Waals surface area contributed by atoms with Crippen LogP contribution >= 0.6 is 15.9 Å². The van der Waals surface area contributed by atoms with Crippen LogP contribution in [0.2, 0.25) is 0 Å². The van der Waals surface area contributed by atoms with Crippen molar-refractivity contribution < 1.29 is 4.79 Å². The molecule has 0 unspecified atom stereocenters. The van der Waals surface area contributed by atoms with E-state index >= 15 is 0 Å². The maximum Gasteiger partial charge on any atom is 0.223 e. The Morgan fingerprint density at radius 3 is 2.46 bits per heavy atom. The quantitative estimate of drug-likeness (QED) is 0.519. The van der Waals surface area contributed by atoms with Gasteiger partial charge < -0.3 is 10.3 Å². The Morgan fingerprint density at radius 2 is 1.77 bits per heavy atom. The van der Waals surface area contributed by atoms with Gasteiger partial charge in [-0.15, -0.1) is 0 Å². The maximum absolute atomic E-state index is 12.5. The summed E-state index contributed by atoms with van der Waals surface area (Å²) in [5.41, 5.74) is 3.53. The number of aromatic amines is 1. The molecule has 1 atom stereocenters. The van der Waals surface area contributed by atoms with Gasteiger partial charge in [0.15, 0.2) is 0 Å². The van der Waals surface area contributed by atoms with E-state index in [1.165, 1.54) is 16.5 Å². The van der Waals surface area contributed by atoms with Crippen molar-refractivity contribution in [3.8, 4) is 0 Å². The third-order valence-corrected chi connectivity index (χ3v) is 5.63. The summed E-state index contributed by atoms with van der Waals surface area (Å²) in [6.07, 6.45) is 3.82. The lowest BCUT2D eigenvalue weighted by Gasteiger charge is -2.20. The first kappa shape index (κ1) is 18.7. The average molecular weight is 413 g/mol. The van der Waals surface area contributed by atoms with Gasteiger partial charge in [0.1, 0.15) is 0 Å². The molecule has 0 saturated heterocycles. The highest BCUT2D eigenvalue weighted by Crippen LogP contribution is 2.31. The van der Waals surface area contributed by atoms with Crippen LogP contribution in [-0.2, 0) is 4.79 Å². The third-order valence-electron chi connectivity index (χ3n) is 5.11. The molecule has 0 radical (unpaired) electrons. The Hall–Kier alpha value is -2.07. The van der Waals surface area contributed by atoms with Crippen LogP contribution in [0.5, 0.6) is 0 Å². The SMILES string of the molecule is CCC(CC)C(=O)NC[C@H](c1ccc(Br)cc1)c1c[nH]c2ccccc12. The molecule has 0 aliphatic carbocycles. The van der Waals surface area contributed by atoms with Crippen LogP contribution in [-0.4, -0.2) is 17.4 Å². The van der Waals surface area contributed by atoms with Crippen LogP contribution in [0.15, 0.2) is 59.2 Å². The first-order valence-corrected chi connectivity index (χ1v) is 10.0. The molecule has 0 fully saturated rings. The molecule has 1 aromatic heterocycles. The van der Waals surface area contributed by atoms with E-state index in [0.29, 0.717) is 6.54 Å². The van der Waals surface area contributed by atoms with E-state index in [9.17, 15) is 4.79 Å². The molecule has 1 heterocycles. The number of carbonyl (C=O) groups excluding carboxylic acids is 1. The molecule has 0 saturated carbocycles. The number of halogens is 1. The zero-order chi connectivity index (χ0) is 18.5. The third kappa shape index (κ3) is 4.01. The van der Waals surface area contributed by atoms with Gasteiger partial charge in [-0.1, -0.05) is 60.1 Å². The first-order chi connectivity index (χ1) is 12.6. The fourth-order valence-corrected chi connectivity index (χ4v) is 3.76. The minimum absolute atomic E-state index is 0.0866. The van der Waals surface area contributed by atoms with Crippen molar-refractivity contribution in [2.75, 3.05) is 6.54 Å². The molecule has 3 rings (SSSR count). The summed E-state index contributed by atoms with van der Waals surface area (Å²) >= 11 is 3.51.